The Kier molecular flexibility index (Phi) is 3.43. The number of nitrogen functional groups attached to an aromatic ring is 1. The molecule has 0 bridgehead atoms. The van der Waals surface area contributed by atoms with E-state index in [2.05, 4.69) is 6.92 Å². The number of hydrogen-bond acceptors (Lipinski definition) is 2. The number of benzene rings is 1. The molecule has 0 atom stereocenters. The Hall–Kier alpha value is -0.890. The average molecular weight is 200 g/mol. The second kappa shape index (κ2) is 4.38. The standard InChI is InChI=1S/C10H14ClNO/c1-3-4-7-5-9(12)10(13-2)6-8(7)11/h5-6H,3-4,12H2,1-2H3. The summed E-state index contributed by atoms with van der Waals surface area (Å²) in [5.74, 6) is 0.643. The first-order valence-electron chi connectivity index (χ1n) is 4.31. The lowest BCUT2D eigenvalue weighted by molar-refractivity contribution is 0.417. The van der Waals surface area contributed by atoms with Crippen LogP contribution in [0.4, 0.5) is 5.69 Å². The van der Waals surface area contributed by atoms with Crippen LogP contribution in [0, 0.1) is 0 Å². The average Bonchev–Trinajstić information content (AvgIpc) is 2.11. The summed E-state index contributed by atoms with van der Waals surface area (Å²) in [6, 6.07) is 3.65. The molecule has 0 fully saturated rings. The van der Waals surface area contributed by atoms with Crippen LogP contribution < -0.4 is 10.5 Å². The molecule has 2 nitrogen and oxygen atoms in total. The second-order valence-electron chi connectivity index (χ2n) is 2.94. The van der Waals surface area contributed by atoms with Crippen LogP contribution in [0.2, 0.25) is 5.02 Å². The van der Waals surface area contributed by atoms with Crippen LogP contribution in [0.15, 0.2) is 12.1 Å². The first kappa shape index (κ1) is 10.2. The van der Waals surface area contributed by atoms with Crippen molar-refractivity contribution in [1.82, 2.24) is 0 Å². The zero-order valence-electron chi connectivity index (χ0n) is 7.93. The number of hydrogen-bond donors (Lipinski definition) is 1. The number of anilines is 1. The van der Waals surface area contributed by atoms with Crippen molar-refractivity contribution in [2.45, 2.75) is 19.8 Å². The van der Waals surface area contributed by atoms with Gasteiger partial charge in [0.1, 0.15) is 5.75 Å². The molecule has 1 aromatic rings. The molecule has 1 rings (SSSR count). The normalized spacial score (nSPS) is 10.1. The van der Waals surface area contributed by atoms with Crippen LogP contribution in [0.3, 0.4) is 0 Å². The molecular formula is C10H14ClNO. The van der Waals surface area contributed by atoms with Crippen molar-refractivity contribution in [3.63, 3.8) is 0 Å². The van der Waals surface area contributed by atoms with Crippen LogP contribution in [0.25, 0.3) is 0 Å². The van der Waals surface area contributed by atoms with Gasteiger partial charge in [-0.15, -0.1) is 0 Å². The molecule has 0 unspecified atom stereocenters. The fourth-order valence-corrected chi connectivity index (χ4v) is 1.50. The van der Waals surface area contributed by atoms with E-state index in [4.69, 9.17) is 22.1 Å². The Morgan fingerprint density at radius 1 is 1.46 bits per heavy atom. The number of aryl methyl sites for hydroxylation is 1. The summed E-state index contributed by atoms with van der Waals surface area (Å²) >= 11 is 6.02. The van der Waals surface area contributed by atoms with E-state index in [9.17, 15) is 0 Å². The second-order valence-corrected chi connectivity index (χ2v) is 3.34. The van der Waals surface area contributed by atoms with Gasteiger partial charge in [0.15, 0.2) is 0 Å². The number of methoxy groups -OCH3 is 1. The molecule has 0 radical (unpaired) electrons. The molecule has 1 aromatic carbocycles. The molecule has 0 heterocycles. The Labute approximate surface area is 83.6 Å². The SMILES string of the molecule is CCCc1cc(N)c(OC)cc1Cl. The van der Waals surface area contributed by atoms with Gasteiger partial charge in [-0.2, -0.15) is 0 Å². The Bertz CT molecular complexity index is 299. The van der Waals surface area contributed by atoms with Crippen molar-refractivity contribution >= 4 is 17.3 Å². The quantitative estimate of drug-likeness (QED) is 0.760. The Morgan fingerprint density at radius 2 is 2.15 bits per heavy atom. The highest BCUT2D eigenvalue weighted by molar-refractivity contribution is 6.31. The van der Waals surface area contributed by atoms with Gasteiger partial charge in [-0.3, -0.25) is 0 Å². The monoisotopic (exact) mass is 199 g/mol. The largest absolute Gasteiger partial charge is 0.495 e. The van der Waals surface area contributed by atoms with Crippen molar-refractivity contribution in [2.75, 3.05) is 12.8 Å². The number of rotatable bonds is 3. The van der Waals surface area contributed by atoms with Crippen LogP contribution in [0.1, 0.15) is 18.9 Å². The fraction of sp³-hybridized carbons (Fsp3) is 0.400. The summed E-state index contributed by atoms with van der Waals surface area (Å²) in [7, 11) is 1.58. The zero-order chi connectivity index (χ0) is 9.84. The summed E-state index contributed by atoms with van der Waals surface area (Å²) in [6.07, 6.45) is 2.01. The lowest BCUT2D eigenvalue weighted by Crippen LogP contribution is -1.95. The molecule has 0 spiro atoms. The van der Waals surface area contributed by atoms with Gasteiger partial charge in [0, 0.05) is 11.1 Å². The van der Waals surface area contributed by atoms with Gasteiger partial charge in [0.2, 0.25) is 0 Å². The molecular weight excluding hydrogens is 186 g/mol. The molecule has 0 aliphatic carbocycles. The number of ether oxygens (including phenoxy) is 1. The molecule has 2 N–H and O–H groups in total. The predicted molar refractivity (Wildman–Crippen MR) is 56.4 cm³/mol. The lowest BCUT2D eigenvalue weighted by atomic mass is 10.1. The molecule has 13 heavy (non-hydrogen) atoms. The van der Waals surface area contributed by atoms with Gasteiger partial charge in [-0.1, -0.05) is 24.9 Å². The molecule has 0 aliphatic rings. The molecule has 0 saturated heterocycles. The van der Waals surface area contributed by atoms with Gasteiger partial charge in [0.05, 0.1) is 12.8 Å². The highest BCUT2D eigenvalue weighted by atomic mass is 35.5. The highest BCUT2D eigenvalue weighted by Crippen LogP contribution is 2.29. The Morgan fingerprint density at radius 3 is 2.69 bits per heavy atom. The maximum absolute atomic E-state index is 6.02. The van der Waals surface area contributed by atoms with Crippen molar-refractivity contribution in [1.29, 1.82) is 0 Å². The van der Waals surface area contributed by atoms with Crippen molar-refractivity contribution < 1.29 is 4.74 Å². The van der Waals surface area contributed by atoms with E-state index in [0.29, 0.717) is 11.4 Å². The van der Waals surface area contributed by atoms with Crippen LogP contribution >= 0.6 is 11.6 Å². The maximum Gasteiger partial charge on any atom is 0.143 e. The molecule has 0 saturated carbocycles. The summed E-state index contributed by atoms with van der Waals surface area (Å²) in [4.78, 5) is 0. The molecule has 72 valence electrons. The van der Waals surface area contributed by atoms with E-state index in [-0.39, 0.29) is 0 Å². The van der Waals surface area contributed by atoms with E-state index in [1.807, 2.05) is 6.07 Å². The van der Waals surface area contributed by atoms with Gasteiger partial charge < -0.3 is 10.5 Å². The molecule has 0 aliphatic heterocycles. The minimum absolute atomic E-state index is 0.643. The van der Waals surface area contributed by atoms with E-state index < -0.39 is 0 Å². The van der Waals surface area contributed by atoms with E-state index >= 15 is 0 Å². The fourth-order valence-electron chi connectivity index (χ4n) is 1.26. The minimum Gasteiger partial charge on any atom is -0.495 e. The van der Waals surface area contributed by atoms with Gasteiger partial charge in [0.25, 0.3) is 0 Å². The molecule has 0 aromatic heterocycles. The number of nitrogens with two attached hydrogens (primary N) is 1. The smallest absolute Gasteiger partial charge is 0.143 e. The Balaban J connectivity index is 3.05. The summed E-state index contributed by atoms with van der Waals surface area (Å²) in [6.45, 7) is 2.11. The van der Waals surface area contributed by atoms with Gasteiger partial charge in [-0.25, -0.2) is 0 Å². The zero-order valence-corrected chi connectivity index (χ0v) is 8.69. The van der Waals surface area contributed by atoms with Gasteiger partial charge in [-0.05, 0) is 18.1 Å². The van der Waals surface area contributed by atoms with Crippen LogP contribution in [-0.2, 0) is 6.42 Å². The van der Waals surface area contributed by atoms with Crippen molar-refractivity contribution in [2.24, 2.45) is 0 Å². The third kappa shape index (κ3) is 2.28. The summed E-state index contributed by atoms with van der Waals surface area (Å²) in [5.41, 5.74) is 7.48. The predicted octanol–water partition coefficient (Wildman–Crippen LogP) is 2.88. The van der Waals surface area contributed by atoms with E-state index in [1.54, 1.807) is 13.2 Å². The lowest BCUT2D eigenvalue weighted by Gasteiger charge is -2.08. The third-order valence-corrected chi connectivity index (χ3v) is 2.27. The summed E-state index contributed by atoms with van der Waals surface area (Å²) in [5, 5.41) is 0.730. The molecule has 3 heteroatoms. The highest BCUT2D eigenvalue weighted by Gasteiger charge is 2.05. The first-order valence-corrected chi connectivity index (χ1v) is 4.68. The van der Waals surface area contributed by atoms with Crippen LogP contribution in [-0.4, -0.2) is 7.11 Å². The van der Waals surface area contributed by atoms with E-state index in [1.165, 1.54) is 0 Å². The first-order chi connectivity index (χ1) is 6.19. The van der Waals surface area contributed by atoms with Gasteiger partial charge >= 0.3 is 0 Å². The van der Waals surface area contributed by atoms with Crippen molar-refractivity contribution in [3.05, 3.63) is 22.7 Å². The third-order valence-electron chi connectivity index (χ3n) is 1.92. The summed E-state index contributed by atoms with van der Waals surface area (Å²) < 4.78 is 5.05. The minimum atomic E-state index is 0.643. The molecule has 0 amide bonds. The maximum atomic E-state index is 6.02. The number of halogens is 1. The topological polar surface area (TPSA) is 35.2 Å². The van der Waals surface area contributed by atoms with Crippen LogP contribution in [0.5, 0.6) is 5.75 Å². The van der Waals surface area contributed by atoms with E-state index in [0.717, 1.165) is 23.4 Å². The van der Waals surface area contributed by atoms with Crippen molar-refractivity contribution in [3.8, 4) is 5.75 Å².